The summed E-state index contributed by atoms with van der Waals surface area (Å²) in [5, 5.41) is 10.5. The van der Waals surface area contributed by atoms with Gasteiger partial charge in [-0.05, 0) is 43.8 Å². The Kier molecular flexibility index (Phi) is 8.86. The zero-order valence-electron chi connectivity index (χ0n) is 19.1. The number of hydrogen-bond acceptors (Lipinski definition) is 6. The first-order valence-corrected chi connectivity index (χ1v) is 11.3. The lowest BCUT2D eigenvalue weighted by Gasteiger charge is -2.17. The highest BCUT2D eigenvalue weighted by atomic mass is 35.5. The molecule has 11 heteroatoms. The van der Waals surface area contributed by atoms with Crippen LogP contribution in [0.2, 0.25) is 10.0 Å². The van der Waals surface area contributed by atoms with E-state index in [0.29, 0.717) is 45.7 Å². The van der Waals surface area contributed by atoms with Gasteiger partial charge in [0.2, 0.25) is 11.9 Å². The Balaban J connectivity index is 1.85. The van der Waals surface area contributed by atoms with Crippen LogP contribution in [0.4, 0.5) is 11.6 Å². The molecule has 0 unspecified atom stereocenters. The second kappa shape index (κ2) is 11.8. The van der Waals surface area contributed by atoms with E-state index < -0.39 is 0 Å². The Bertz CT molecular complexity index is 1200. The van der Waals surface area contributed by atoms with Gasteiger partial charge < -0.3 is 20.1 Å². The van der Waals surface area contributed by atoms with Gasteiger partial charge >= 0.3 is 0 Å². The first kappa shape index (κ1) is 25.5. The number of anilines is 2. The Morgan fingerprint density at radius 2 is 1.62 bits per heavy atom. The molecule has 0 atom stereocenters. The fourth-order valence-electron chi connectivity index (χ4n) is 3.01. The zero-order chi connectivity index (χ0) is 24.7. The summed E-state index contributed by atoms with van der Waals surface area (Å²) in [5.74, 6) is 1.69. The molecule has 2 aromatic carbocycles. The molecule has 0 bridgehead atoms. The lowest BCUT2D eigenvalue weighted by molar-refractivity contribution is 0.405. The number of ether oxygens (including phenoxy) is 2. The highest BCUT2D eigenvalue weighted by Crippen LogP contribution is 2.35. The first-order valence-electron chi connectivity index (χ1n) is 10.2. The number of thiocarbonyl (C=S) groups is 1. The molecular weight excluding hydrogens is 495 g/mol. The molecule has 8 nitrogen and oxygen atoms in total. The summed E-state index contributed by atoms with van der Waals surface area (Å²) in [4.78, 5) is 13.4. The molecule has 3 rings (SSSR count). The number of methoxy groups -OCH3 is 2. The van der Waals surface area contributed by atoms with Crippen LogP contribution in [-0.4, -0.2) is 35.3 Å². The van der Waals surface area contributed by atoms with Gasteiger partial charge in [-0.3, -0.25) is 5.32 Å². The third-order valence-corrected chi connectivity index (χ3v) is 5.40. The molecule has 3 N–H and O–H groups in total. The number of aliphatic imine (C=N–C) groups is 1. The second-order valence-corrected chi connectivity index (χ2v) is 8.34. The average Bonchev–Trinajstić information content (AvgIpc) is 2.78. The molecule has 0 radical (unpaired) electrons. The smallest absolute Gasteiger partial charge is 0.229 e. The Hall–Kier alpha value is -3.14. The molecular formula is C23H24Cl2N6O2S. The maximum atomic E-state index is 6.29. The van der Waals surface area contributed by atoms with E-state index >= 15 is 0 Å². The van der Waals surface area contributed by atoms with Crippen molar-refractivity contribution in [2.45, 2.75) is 20.4 Å². The molecule has 0 fully saturated rings. The Morgan fingerprint density at radius 3 is 2.26 bits per heavy atom. The monoisotopic (exact) mass is 518 g/mol. The van der Waals surface area contributed by atoms with Gasteiger partial charge in [-0.2, -0.15) is 0 Å². The molecule has 0 amide bonds. The van der Waals surface area contributed by atoms with Gasteiger partial charge in [-0.25, -0.2) is 15.0 Å². The Labute approximate surface area is 213 Å². The predicted molar refractivity (Wildman–Crippen MR) is 142 cm³/mol. The molecule has 0 saturated carbocycles. The number of benzene rings is 2. The quantitative estimate of drug-likeness (QED) is 0.227. The van der Waals surface area contributed by atoms with Crippen molar-refractivity contribution in [3.8, 4) is 11.5 Å². The van der Waals surface area contributed by atoms with Crippen molar-refractivity contribution in [1.29, 1.82) is 0 Å². The van der Waals surface area contributed by atoms with Crippen LogP contribution in [0.25, 0.3) is 0 Å². The molecule has 1 aromatic heterocycles. The van der Waals surface area contributed by atoms with Gasteiger partial charge in [0.05, 0.1) is 31.5 Å². The van der Waals surface area contributed by atoms with Gasteiger partial charge in [0.25, 0.3) is 0 Å². The summed E-state index contributed by atoms with van der Waals surface area (Å²) in [6.07, 6.45) is 0. The first-order chi connectivity index (χ1) is 16.3. The van der Waals surface area contributed by atoms with E-state index in [0.717, 1.165) is 17.0 Å². The highest BCUT2D eigenvalue weighted by molar-refractivity contribution is 7.80. The van der Waals surface area contributed by atoms with E-state index in [1.165, 1.54) is 14.2 Å². The van der Waals surface area contributed by atoms with E-state index in [9.17, 15) is 0 Å². The topological polar surface area (TPSA) is 92.7 Å². The maximum absolute atomic E-state index is 6.29. The van der Waals surface area contributed by atoms with Crippen LogP contribution in [0.1, 0.15) is 17.0 Å². The number of nitrogens with one attached hydrogen (secondary N) is 3. The summed E-state index contributed by atoms with van der Waals surface area (Å²) in [6, 6.07) is 12.7. The average molecular weight is 519 g/mol. The summed E-state index contributed by atoms with van der Waals surface area (Å²) in [7, 11) is 3.07. The minimum atomic E-state index is 0.248. The van der Waals surface area contributed by atoms with Crippen molar-refractivity contribution in [2.75, 3.05) is 24.9 Å². The third kappa shape index (κ3) is 6.93. The van der Waals surface area contributed by atoms with Crippen LogP contribution in [0.3, 0.4) is 0 Å². The van der Waals surface area contributed by atoms with Gasteiger partial charge in [-0.15, -0.1) is 0 Å². The zero-order valence-corrected chi connectivity index (χ0v) is 21.4. The molecule has 1 heterocycles. The van der Waals surface area contributed by atoms with Crippen LogP contribution in [0.15, 0.2) is 47.5 Å². The largest absolute Gasteiger partial charge is 0.495 e. The SMILES string of the molecule is COc1cc(NC(=S)NC(=NCc2ccccc2Cl)Nc2nc(C)cc(C)n2)c(OC)cc1Cl. The summed E-state index contributed by atoms with van der Waals surface area (Å²) in [6.45, 7) is 4.08. The van der Waals surface area contributed by atoms with Crippen molar-refractivity contribution < 1.29 is 9.47 Å². The molecule has 0 saturated heterocycles. The third-order valence-electron chi connectivity index (χ3n) is 4.53. The number of hydrogen-bond donors (Lipinski definition) is 3. The van der Waals surface area contributed by atoms with Gasteiger partial charge in [0, 0.05) is 28.5 Å². The van der Waals surface area contributed by atoms with Crippen LogP contribution >= 0.6 is 35.4 Å². The number of guanidine groups is 1. The highest BCUT2D eigenvalue weighted by Gasteiger charge is 2.13. The van der Waals surface area contributed by atoms with E-state index in [4.69, 9.17) is 44.9 Å². The van der Waals surface area contributed by atoms with Crippen LogP contribution < -0.4 is 25.4 Å². The molecule has 0 spiro atoms. The van der Waals surface area contributed by atoms with E-state index in [2.05, 4.69) is 30.9 Å². The maximum Gasteiger partial charge on any atom is 0.229 e. The fraction of sp³-hybridized carbons (Fsp3) is 0.217. The van der Waals surface area contributed by atoms with Gasteiger partial charge in [-0.1, -0.05) is 41.4 Å². The molecule has 3 aromatic rings. The predicted octanol–water partition coefficient (Wildman–Crippen LogP) is 5.37. The number of halogens is 2. The minimum Gasteiger partial charge on any atom is -0.495 e. The molecule has 0 aliphatic rings. The lowest BCUT2D eigenvalue weighted by atomic mass is 10.2. The number of aromatic nitrogens is 2. The molecule has 34 heavy (non-hydrogen) atoms. The standard InChI is InChI=1S/C23H24Cl2N6O2S/c1-13-9-14(2)28-22(27-13)30-21(26-12-15-7-5-6-8-16(15)24)31-23(34)29-18-11-19(32-3)17(25)10-20(18)33-4/h5-11H,12H2,1-4H3,(H3,26,27,28,29,30,31,34). The van der Waals surface area contributed by atoms with Crippen molar-refractivity contribution >= 4 is 58.1 Å². The van der Waals surface area contributed by atoms with Gasteiger partial charge in [0.15, 0.2) is 5.11 Å². The van der Waals surface area contributed by atoms with Crippen molar-refractivity contribution in [2.24, 2.45) is 4.99 Å². The van der Waals surface area contributed by atoms with E-state index in [-0.39, 0.29) is 5.11 Å². The minimum absolute atomic E-state index is 0.248. The summed E-state index contributed by atoms with van der Waals surface area (Å²) < 4.78 is 10.7. The summed E-state index contributed by atoms with van der Waals surface area (Å²) >= 11 is 18.0. The second-order valence-electron chi connectivity index (χ2n) is 7.12. The van der Waals surface area contributed by atoms with Crippen LogP contribution in [-0.2, 0) is 6.54 Å². The normalized spacial score (nSPS) is 11.1. The van der Waals surface area contributed by atoms with Crippen LogP contribution in [0, 0.1) is 13.8 Å². The van der Waals surface area contributed by atoms with Crippen molar-refractivity contribution in [3.63, 3.8) is 0 Å². The molecule has 178 valence electrons. The van der Waals surface area contributed by atoms with Gasteiger partial charge in [0.1, 0.15) is 11.5 Å². The summed E-state index contributed by atoms with van der Waals surface area (Å²) in [5.41, 5.74) is 3.06. The van der Waals surface area contributed by atoms with Crippen molar-refractivity contribution in [1.82, 2.24) is 15.3 Å². The van der Waals surface area contributed by atoms with Crippen LogP contribution in [0.5, 0.6) is 11.5 Å². The molecule has 0 aliphatic carbocycles. The number of aryl methyl sites for hydroxylation is 2. The number of rotatable bonds is 6. The van der Waals surface area contributed by atoms with E-state index in [1.54, 1.807) is 12.1 Å². The Morgan fingerprint density at radius 1 is 0.941 bits per heavy atom. The fourth-order valence-corrected chi connectivity index (χ4v) is 3.64. The number of nitrogens with zero attached hydrogens (tertiary/aromatic N) is 3. The molecule has 0 aliphatic heterocycles. The van der Waals surface area contributed by atoms with E-state index in [1.807, 2.05) is 44.2 Å². The lowest BCUT2D eigenvalue weighted by Crippen LogP contribution is -2.39. The van der Waals surface area contributed by atoms with Crippen molar-refractivity contribution in [3.05, 3.63) is 69.5 Å².